The van der Waals surface area contributed by atoms with Gasteiger partial charge < -0.3 is 5.11 Å². The van der Waals surface area contributed by atoms with Crippen LogP contribution in [0.15, 0.2) is 0 Å². The van der Waals surface area contributed by atoms with E-state index < -0.39 is 66.1 Å². The van der Waals surface area contributed by atoms with E-state index in [0.717, 1.165) is 0 Å². The zero-order valence-corrected chi connectivity index (χ0v) is 11.9. The van der Waals surface area contributed by atoms with Gasteiger partial charge in [-0.3, -0.25) is 4.68 Å². The van der Waals surface area contributed by atoms with Gasteiger partial charge in [0, 0.05) is 12.0 Å². The van der Waals surface area contributed by atoms with Crippen molar-refractivity contribution in [3.05, 3.63) is 17.0 Å². The third kappa shape index (κ3) is 2.39. The molecule has 1 saturated carbocycles. The molecule has 0 amide bonds. The summed E-state index contributed by atoms with van der Waals surface area (Å²) in [5.41, 5.74) is -4.28. The van der Waals surface area contributed by atoms with Crippen LogP contribution in [0.4, 0.5) is 35.1 Å². The summed E-state index contributed by atoms with van der Waals surface area (Å²) in [6, 6.07) is -1.20. The van der Waals surface area contributed by atoms with Crippen molar-refractivity contribution in [2.75, 3.05) is 0 Å². The van der Waals surface area contributed by atoms with Crippen molar-refractivity contribution >= 4 is 0 Å². The number of aliphatic hydroxyl groups is 1. The van der Waals surface area contributed by atoms with Gasteiger partial charge in [0.05, 0.1) is 11.7 Å². The second-order valence-corrected chi connectivity index (χ2v) is 6.03. The Hall–Kier alpha value is -1.39. The zero-order valence-electron chi connectivity index (χ0n) is 11.9. The summed E-state index contributed by atoms with van der Waals surface area (Å²) in [4.78, 5) is 0. The van der Waals surface area contributed by atoms with E-state index in [4.69, 9.17) is 0 Å². The number of aromatic nitrogens is 2. The normalized spacial score (nSPS) is 36.0. The van der Waals surface area contributed by atoms with Crippen LogP contribution >= 0.6 is 0 Å². The molecule has 0 unspecified atom stereocenters. The first kappa shape index (κ1) is 17.4. The number of alkyl halides is 8. The largest absolute Gasteiger partial charge is 0.435 e. The first-order valence-electron chi connectivity index (χ1n) is 7.13. The van der Waals surface area contributed by atoms with Gasteiger partial charge in [0.2, 0.25) is 6.17 Å². The maximum Gasteiger partial charge on any atom is 0.435 e. The molecule has 2 aliphatic carbocycles. The van der Waals surface area contributed by atoms with E-state index in [1.54, 1.807) is 0 Å². The van der Waals surface area contributed by atoms with Crippen LogP contribution in [0.25, 0.3) is 0 Å². The summed E-state index contributed by atoms with van der Waals surface area (Å²) >= 11 is 0. The van der Waals surface area contributed by atoms with Gasteiger partial charge in [-0.2, -0.15) is 27.1 Å². The molecule has 1 aromatic heterocycles. The fourth-order valence-electron chi connectivity index (χ4n) is 3.26. The zero-order chi connectivity index (χ0) is 18.0. The minimum absolute atomic E-state index is 0.179. The van der Waals surface area contributed by atoms with Crippen molar-refractivity contribution in [1.29, 1.82) is 0 Å². The Morgan fingerprint density at radius 2 is 1.71 bits per heavy atom. The monoisotopic (exact) mass is 364 g/mol. The summed E-state index contributed by atoms with van der Waals surface area (Å²) in [6.07, 6.45) is -16.4. The van der Waals surface area contributed by atoms with Crippen LogP contribution in [0.5, 0.6) is 0 Å². The highest BCUT2D eigenvalue weighted by molar-refractivity contribution is 5.40. The first-order valence-corrected chi connectivity index (χ1v) is 7.13. The molecule has 5 atom stereocenters. The van der Waals surface area contributed by atoms with E-state index in [1.165, 1.54) is 0 Å². The van der Waals surface area contributed by atoms with Crippen molar-refractivity contribution in [3.8, 4) is 0 Å². The lowest BCUT2D eigenvalue weighted by Crippen LogP contribution is -2.32. The summed E-state index contributed by atoms with van der Waals surface area (Å²) in [5.74, 6) is -4.46. The van der Waals surface area contributed by atoms with Crippen molar-refractivity contribution in [2.24, 2.45) is 0 Å². The van der Waals surface area contributed by atoms with Crippen molar-refractivity contribution in [2.45, 2.75) is 62.0 Å². The maximum absolute atomic E-state index is 14.0. The van der Waals surface area contributed by atoms with Crippen LogP contribution in [0, 0.1) is 0 Å². The molecule has 2 aliphatic rings. The van der Waals surface area contributed by atoms with E-state index in [0.29, 0.717) is 4.68 Å². The van der Waals surface area contributed by atoms with E-state index in [1.807, 2.05) is 0 Å². The van der Waals surface area contributed by atoms with E-state index >= 15 is 0 Å². The Labute approximate surface area is 130 Å². The molecule has 1 aromatic rings. The number of rotatable bonds is 1. The molecule has 0 aliphatic heterocycles. The van der Waals surface area contributed by atoms with Crippen LogP contribution in [-0.2, 0) is 6.18 Å². The number of hydrogen-bond donors (Lipinski definition) is 1. The molecule has 0 saturated heterocycles. The number of nitrogens with zero attached hydrogens (tertiary/aromatic N) is 2. The van der Waals surface area contributed by atoms with Gasteiger partial charge in [-0.05, 0) is 12.8 Å². The average molecular weight is 364 g/mol. The predicted molar refractivity (Wildman–Crippen MR) is 63.7 cm³/mol. The molecule has 3 rings (SSSR count). The van der Waals surface area contributed by atoms with Gasteiger partial charge in [-0.15, -0.1) is 0 Å². The van der Waals surface area contributed by atoms with Gasteiger partial charge in [0.15, 0.2) is 5.69 Å². The fourth-order valence-corrected chi connectivity index (χ4v) is 3.26. The third-order valence-electron chi connectivity index (χ3n) is 4.48. The van der Waals surface area contributed by atoms with E-state index in [9.17, 15) is 40.2 Å². The van der Waals surface area contributed by atoms with Gasteiger partial charge in [-0.25, -0.2) is 13.2 Å². The van der Waals surface area contributed by atoms with Gasteiger partial charge in [0.25, 0.3) is 0 Å². The number of hydrogen-bond acceptors (Lipinski definition) is 2. The molecule has 1 fully saturated rings. The standard InChI is InChI=1S/C13H12F8N2O/c14-5-2-1-4(3-6(5)15)23-8-7(10(22-23)13(19,20)21)11(24)12(17,18)9(8)16/h4-6,9,11,24H,1-3H2/t4-,5-,6+,9+,11+/m1/s1. The molecular weight excluding hydrogens is 352 g/mol. The van der Waals surface area contributed by atoms with Crippen LogP contribution in [0.3, 0.4) is 0 Å². The Morgan fingerprint density at radius 3 is 2.25 bits per heavy atom. The lowest BCUT2D eigenvalue weighted by atomic mass is 9.92. The van der Waals surface area contributed by atoms with E-state index in [-0.39, 0.29) is 12.8 Å². The topological polar surface area (TPSA) is 38.1 Å². The average Bonchev–Trinajstić information content (AvgIpc) is 2.94. The minimum Gasteiger partial charge on any atom is -0.382 e. The van der Waals surface area contributed by atoms with Crippen LogP contribution < -0.4 is 0 Å². The Morgan fingerprint density at radius 1 is 1.08 bits per heavy atom. The molecule has 1 heterocycles. The van der Waals surface area contributed by atoms with Crippen LogP contribution in [0.2, 0.25) is 0 Å². The highest BCUT2D eigenvalue weighted by atomic mass is 19.4. The van der Waals surface area contributed by atoms with Crippen molar-refractivity contribution in [1.82, 2.24) is 9.78 Å². The molecule has 0 spiro atoms. The van der Waals surface area contributed by atoms with E-state index in [2.05, 4.69) is 5.10 Å². The lowest BCUT2D eigenvalue weighted by molar-refractivity contribution is -0.157. The number of aliphatic hydroxyl groups excluding tert-OH is 1. The van der Waals surface area contributed by atoms with Gasteiger partial charge in [-0.1, -0.05) is 0 Å². The molecule has 24 heavy (non-hydrogen) atoms. The third-order valence-corrected chi connectivity index (χ3v) is 4.48. The molecule has 136 valence electrons. The summed E-state index contributed by atoms with van der Waals surface area (Å²) in [6.45, 7) is 0. The smallest absolute Gasteiger partial charge is 0.382 e. The highest BCUT2D eigenvalue weighted by Crippen LogP contribution is 2.56. The molecule has 0 bridgehead atoms. The summed E-state index contributed by atoms with van der Waals surface area (Å²) < 4.78 is 107. The fraction of sp³-hybridized carbons (Fsp3) is 0.769. The molecule has 0 aromatic carbocycles. The summed E-state index contributed by atoms with van der Waals surface area (Å²) in [5, 5.41) is 12.6. The molecule has 3 nitrogen and oxygen atoms in total. The molecule has 11 heteroatoms. The van der Waals surface area contributed by atoms with Crippen LogP contribution in [-0.4, -0.2) is 33.2 Å². The lowest BCUT2D eigenvalue weighted by Gasteiger charge is -2.29. The number of fused-ring (bicyclic) bond motifs is 1. The Kier molecular flexibility index (Phi) is 3.85. The van der Waals surface area contributed by atoms with Gasteiger partial charge >= 0.3 is 12.1 Å². The van der Waals surface area contributed by atoms with Crippen molar-refractivity contribution < 1.29 is 40.2 Å². The maximum atomic E-state index is 14.0. The number of halogens is 8. The molecule has 0 radical (unpaired) electrons. The second-order valence-electron chi connectivity index (χ2n) is 6.03. The molecular formula is C13H12F8N2O. The Balaban J connectivity index is 2.11. The van der Waals surface area contributed by atoms with Crippen LogP contribution in [0.1, 0.15) is 54.5 Å². The molecule has 1 N–H and O–H groups in total. The first-order chi connectivity index (χ1) is 11.0. The van der Waals surface area contributed by atoms with Crippen molar-refractivity contribution in [3.63, 3.8) is 0 Å². The SMILES string of the molecule is O[C@H]1c2c(C(F)(F)F)nn([C@@H]3CC[C@@H](F)[C@@H](F)C3)c2[C@H](F)C1(F)F. The Bertz CT molecular complexity index is 643. The van der Waals surface area contributed by atoms with Gasteiger partial charge in [0.1, 0.15) is 18.4 Å². The predicted octanol–water partition coefficient (Wildman–Crippen LogP) is 4.00. The quantitative estimate of drug-likeness (QED) is 0.765. The minimum atomic E-state index is -5.21. The second kappa shape index (κ2) is 5.30. The summed E-state index contributed by atoms with van der Waals surface area (Å²) in [7, 11) is 0. The highest BCUT2D eigenvalue weighted by Gasteiger charge is 2.62.